The molecule has 3 aliphatic carbocycles. The molecule has 2 N–H and O–H groups in total. The maximum Gasteiger partial charge on any atom is 0.356 e. The van der Waals surface area contributed by atoms with E-state index in [1.165, 1.54) is 22.3 Å². The largest absolute Gasteiger partial charge is 0.476 e. The first-order chi connectivity index (χ1) is 18.4. The van der Waals surface area contributed by atoms with Gasteiger partial charge in [0.25, 0.3) is 0 Å². The quantitative estimate of drug-likeness (QED) is 0.350. The number of rotatable bonds is 5. The topological polar surface area (TPSA) is 87.0 Å². The SMILES string of the molecule is [2H]C([2H])([2H])N1C(C23CC(C#C)(C2)C3)=Nc2c(sc(C)c2C(C)Nc2ccc(Cl)nc2C(=O)O)C1=C1CC=CO1. The maximum atomic E-state index is 11.8. The Labute approximate surface area is 222 Å². The molecule has 9 heteroatoms. The van der Waals surface area contributed by atoms with Gasteiger partial charge in [0.05, 0.1) is 28.6 Å². The van der Waals surface area contributed by atoms with Crippen molar-refractivity contribution >= 4 is 51.8 Å². The second kappa shape index (κ2) is 7.86. The lowest BCUT2D eigenvalue weighted by Gasteiger charge is -2.69. The Bertz CT molecular complexity index is 1540. The smallest absolute Gasteiger partial charge is 0.356 e. The molecular weight excluding hydrogens is 496 g/mol. The van der Waals surface area contributed by atoms with Gasteiger partial charge in [0.15, 0.2) is 5.69 Å². The van der Waals surface area contributed by atoms with E-state index in [1.54, 1.807) is 12.3 Å². The van der Waals surface area contributed by atoms with Gasteiger partial charge in [-0.25, -0.2) is 14.8 Å². The predicted molar refractivity (Wildman–Crippen MR) is 141 cm³/mol. The van der Waals surface area contributed by atoms with Gasteiger partial charge in [0.1, 0.15) is 22.4 Å². The van der Waals surface area contributed by atoms with E-state index >= 15 is 0 Å². The van der Waals surface area contributed by atoms with E-state index in [9.17, 15) is 9.90 Å². The van der Waals surface area contributed by atoms with Crippen LogP contribution in [0.15, 0.2) is 35.2 Å². The summed E-state index contributed by atoms with van der Waals surface area (Å²) in [6.45, 7) is 1.38. The van der Waals surface area contributed by atoms with Crippen molar-refractivity contribution < 1.29 is 18.8 Å². The van der Waals surface area contributed by atoms with Crippen LogP contribution in [0.2, 0.25) is 5.15 Å². The molecule has 2 bridgehead atoms. The molecule has 0 saturated heterocycles. The molecule has 2 aromatic heterocycles. The number of aromatic carboxylic acids is 1. The van der Waals surface area contributed by atoms with Crippen LogP contribution in [-0.4, -0.2) is 33.8 Å². The zero-order valence-corrected chi connectivity index (χ0v) is 21.3. The van der Waals surface area contributed by atoms with Gasteiger partial charge in [-0.2, -0.15) is 0 Å². The zero-order chi connectivity index (χ0) is 27.9. The van der Waals surface area contributed by atoms with E-state index in [2.05, 4.69) is 16.2 Å². The van der Waals surface area contributed by atoms with E-state index < -0.39 is 18.4 Å². The van der Waals surface area contributed by atoms with Gasteiger partial charge in [-0.05, 0) is 51.3 Å². The maximum absolute atomic E-state index is 11.8. The number of aromatic nitrogens is 1. The molecular formula is C27H25ClN4O3S. The molecule has 7 nitrogen and oxygen atoms in total. The van der Waals surface area contributed by atoms with Crippen LogP contribution < -0.4 is 5.32 Å². The molecule has 2 aromatic rings. The Morgan fingerprint density at radius 2 is 2.22 bits per heavy atom. The number of hydrogen-bond acceptors (Lipinski definition) is 7. The first-order valence-electron chi connectivity index (χ1n) is 13.1. The van der Waals surface area contributed by atoms with Crippen LogP contribution in [0.3, 0.4) is 0 Å². The zero-order valence-electron chi connectivity index (χ0n) is 22.7. The number of allylic oxidation sites excluding steroid dienone is 1. The fourth-order valence-corrected chi connectivity index (χ4v) is 7.37. The molecule has 5 aliphatic rings. The summed E-state index contributed by atoms with van der Waals surface area (Å²) in [4.78, 5) is 23.9. The van der Waals surface area contributed by atoms with E-state index in [1.807, 2.05) is 19.9 Å². The molecule has 3 saturated carbocycles. The lowest BCUT2D eigenvalue weighted by molar-refractivity contribution is -0.109. The van der Waals surface area contributed by atoms with Crippen molar-refractivity contribution in [3.63, 3.8) is 0 Å². The summed E-state index contributed by atoms with van der Waals surface area (Å²) in [6.07, 6.45) is 11.8. The van der Waals surface area contributed by atoms with Gasteiger partial charge >= 0.3 is 5.97 Å². The van der Waals surface area contributed by atoms with Crippen LogP contribution >= 0.6 is 22.9 Å². The lowest BCUT2D eigenvalue weighted by atomic mass is 9.35. The summed E-state index contributed by atoms with van der Waals surface area (Å²) >= 11 is 7.39. The Morgan fingerprint density at radius 1 is 1.44 bits per heavy atom. The number of fused-ring (bicyclic) bond motifs is 1. The van der Waals surface area contributed by atoms with Crippen LogP contribution in [0.5, 0.6) is 0 Å². The minimum atomic E-state index is -2.49. The number of aryl methyl sites for hydroxylation is 1. The first-order valence-corrected chi connectivity index (χ1v) is 12.8. The molecule has 4 heterocycles. The third kappa shape index (κ3) is 3.23. The number of carboxylic acids is 1. The van der Waals surface area contributed by atoms with Crippen LogP contribution in [-0.2, 0) is 4.74 Å². The fourth-order valence-electron chi connectivity index (χ4n) is 5.98. The number of ether oxygens (including phenoxy) is 1. The van der Waals surface area contributed by atoms with Gasteiger partial charge in [-0.1, -0.05) is 17.5 Å². The number of nitrogens with zero attached hydrogens (tertiary/aromatic N) is 3. The predicted octanol–water partition coefficient (Wildman–Crippen LogP) is 6.36. The Kier molecular flexibility index (Phi) is 4.33. The highest BCUT2D eigenvalue weighted by molar-refractivity contribution is 7.14. The third-order valence-corrected chi connectivity index (χ3v) is 8.85. The van der Waals surface area contributed by atoms with Crippen molar-refractivity contribution in [1.82, 2.24) is 9.88 Å². The molecule has 0 spiro atoms. The average Bonchev–Trinajstić information content (AvgIpc) is 3.44. The second-order valence-electron chi connectivity index (χ2n) is 9.92. The highest BCUT2D eigenvalue weighted by Crippen LogP contribution is 2.74. The van der Waals surface area contributed by atoms with Gasteiger partial charge in [-0.3, -0.25) is 0 Å². The number of carbonyl (C=O) groups is 1. The van der Waals surface area contributed by atoms with E-state index in [0.717, 1.165) is 10.4 Å². The van der Waals surface area contributed by atoms with Gasteiger partial charge in [0, 0.05) is 38.8 Å². The number of terminal acetylenes is 1. The standard InChI is InChI=1S/C27H25ClN4O3S/c1-5-26-11-27(12-26,13-26)25-31-21-19(14(2)29-16-8-9-18(28)30-20(16)24(33)34)15(3)36-23(21)22(32(25)4)17-7-6-10-35-17/h1,6,8-10,14,29H,7,11-13H2,2-4H3,(H,33,34)/i4D3. The number of halogens is 1. The number of hydrogen-bond donors (Lipinski definition) is 2. The number of nitrogens with one attached hydrogen (secondary N) is 1. The van der Waals surface area contributed by atoms with Crippen molar-refractivity contribution in [2.45, 2.75) is 45.6 Å². The van der Waals surface area contributed by atoms with Crippen molar-refractivity contribution in [3.05, 3.63) is 56.4 Å². The lowest BCUT2D eigenvalue weighted by Crippen LogP contribution is -2.67. The average molecular weight is 524 g/mol. The van der Waals surface area contributed by atoms with E-state index in [-0.39, 0.29) is 22.3 Å². The number of pyridine rings is 1. The number of amidine groups is 1. The van der Waals surface area contributed by atoms with Crippen LogP contribution in [0.25, 0.3) is 5.70 Å². The monoisotopic (exact) mass is 523 g/mol. The van der Waals surface area contributed by atoms with Crippen molar-refractivity contribution in [2.75, 3.05) is 12.3 Å². The fraction of sp³-hybridized carbons (Fsp3) is 0.370. The summed E-state index contributed by atoms with van der Waals surface area (Å²) in [5, 5.41) is 13.0. The molecule has 184 valence electrons. The Balaban J connectivity index is 1.50. The molecule has 3 fully saturated rings. The molecule has 0 radical (unpaired) electrons. The number of carboxylic acid groups (broad SMARTS) is 1. The molecule has 7 rings (SSSR count). The highest BCUT2D eigenvalue weighted by atomic mass is 35.5. The normalized spacial score (nSPS) is 29.9. The summed E-state index contributed by atoms with van der Waals surface area (Å²) in [5.41, 5.74) is 1.58. The number of anilines is 1. The number of aliphatic imine (C=N–C) groups is 1. The van der Waals surface area contributed by atoms with Crippen LogP contribution in [0.1, 0.15) is 68.6 Å². The van der Waals surface area contributed by atoms with Crippen molar-refractivity contribution in [1.29, 1.82) is 0 Å². The van der Waals surface area contributed by atoms with E-state index in [0.29, 0.717) is 59.2 Å². The third-order valence-electron chi connectivity index (χ3n) is 7.53. The molecule has 0 amide bonds. The first kappa shape index (κ1) is 19.9. The summed E-state index contributed by atoms with van der Waals surface area (Å²) < 4.78 is 31.3. The van der Waals surface area contributed by atoms with Crippen LogP contribution in [0, 0.1) is 30.1 Å². The number of thiophene rings is 1. The minimum Gasteiger partial charge on any atom is -0.476 e. The summed E-state index contributed by atoms with van der Waals surface area (Å²) in [6, 6.07) is 2.73. The van der Waals surface area contributed by atoms with Crippen molar-refractivity contribution in [3.8, 4) is 12.3 Å². The molecule has 0 aromatic carbocycles. The summed E-state index contributed by atoms with van der Waals surface area (Å²) in [5.74, 6) is 2.75. The molecule has 36 heavy (non-hydrogen) atoms. The molecule has 2 aliphatic heterocycles. The van der Waals surface area contributed by atoms with Gasteiger partial charge < -0.3 is 20.1 Å². The van der Waals surface area contributed by atoms with Gasteiger partial charge in [-0.15, -0.1) is 17.8 Å². The minimum absolute atomic E-state index is 0.0819. The second-order valence-corrected chi connectivity index (χ2v) is 11.5. The highest BCUT2D eigenvalue weighted by Gasteiger charge is 2.70. The molecule has 1 atom stereocenters. The summed E-state index contributed by atoms with van der Waals surface area (Å²) in [7, 11) is 0. The van der Waals surface area contributed by atoms with E-state index in [4.69, 9.17) is 31.9 Å². The molecule has 1 unspecified atom stereocenters. The van der Waals surface area contributed by atoms with Crippen LogP contribution in [0.4, 0.5) is 11.4 Å². The Morgan fingerprint density at radius 3 is 2.86 bits per heavy atom. The Hall–Kier alpha value is -3.28. The van der Waals surface area contributed by atoms with Gasteiger partial charge in [0.2, 0.25) is 0 Å². The van der Waals surface area contributed by atoms with Crippen molar-refractivity contribution in [2.24, 2.45) is 15.8 Å².